The molecule has 1 radical (unpaired) electrons. The summed E-state index contributed by atoms with van der Waals surface area (Å²) in [5.74, 6) is 2.34. The predicted molar refractivity (Wildman–Crippen MR) is 164 cm³/mol. The van der Waals surface area contributed by atoms with Gasteiger partial charge in [0.1, 0.15) is 22.6 Å². The quantitative estimate of drug-likeness (QED) is 0.163. The van der Waals surface area contributed by atoms with Crippen molar-refractivity contribution in [2.45, 2.75) is 0 Å². The van der Waals surface area contributed by atoms with Crippen molar-refractivity contribution in [1.29, 1.82) is 0 Å². The van der Waals surface area contributed by atoms with Crippen molar-refractivity contribution in [2.75, 3.05) is 0 Å². The minimum absolute atomic E-state index is 0. The van der Waals surface area contributed by atoms with Gasteiger partial charge in [0.15, 0.2) is 23.3 Å². The van der Waals surface area contributed by atoms with Crippen LogP contribution in [0.5, 0.6) is 0 Å². The summed E-state index contributed by atoms with van der Waals surface area (Å²) in [6.07, 6.45) is 0. The van der Waals surface area contributed by atoms with Crippen LogP contribution in [0.15, 0.2) is 95.5 Å². The van der Waals surface area contributed by atoms with Crippen LogP contribution in [-0.4, -0.2) is 39.9 Å². The summed E-state index contributed by atoms with van der Waals surface area (Å²) in [7, 11) is 0. The zero-order valence-corrected chi connectivity index (χ0v) is 24.1. The van der Waals surface area contributed by atoms with Gasteiger partial charge in [-0.15, -0.1) is 0 Å². The maximum absolute atomic E-state index is 5.05. The molecule has 9 rings (SSSR count). The molecule has 0 aliphatic carbocycles. The van der Waals surface area contributed by atoms with E-state index < -0.39 is 0 Å². The topological polar surface area (TPSA) is 109 Å². The Hall–Kier alpha value is -4.76. The molecule has 203 valence electrons. The molecule has 42 heavy (non-hydrogen) atoms. The Morgan fingerprint density at radius 3 is 1.29 bits per heavy atom. The number of aromatic nitrogens is 8. The number of halogens is 1. The molecule has 0 amide bonds. The van der Waals surface area contributed by atoms with Gasteiger partial charge in [-0.3, -0.25) is 0 Å². The van der Waals surface area contributed by atoms with E-state index in [9.17, 15) is 0 Å². The molecule has 0 saturated carbocycles. The first-order valence-corrected chi connectivity index (χ1v) is 13.9. The first-order valence-electron chi connectivity index (χ1n) is 13.1. The van der Waals surface area contributed by atoms with E-state index in [4.69, 9.17) is 29.9 Å². The van der Waals surface area contributed by atoms with Crippen LogP contribution >= 0.6 is 15.9 Å². The number of nitrogens with one attached hydrogen (secondary N) is 2. The van der Waals surface area contributed by atoms with Crippen LogP contribution in [0, 0.1) is 0 Å². The number of rotatable bonds is 0. The molecular formula is C32H17BrCuN8. The largest absolute Gasteiger partial charge is 0.324 e. The molecule has 2 aliphatic heterocycles. The molecule has 2 aliphatic rings. The second-order valence-electron chi connectivity index (χ2n) is 9.91. The smallest absolute Gasteiger partial charge is 0.164 e. The molecule has 0 fully saturated rings. The fraction of sp³-hybridized carbons (Fsp3) is 0. The van der Waals surface area contributed by atoms with Gasteiger partial charge in [-0.1, -0.05) is 101 Å². The third-order valence-electron chi connectivity index (χ3n) is 7.53. The third-order valence-corrected chi connectivity index (χ3v) is 8.19. The van der Waals surface area contributed by atoms with Gasteiger partial charge in [-0.25, -0.2) is 29.9 Å². The van der Waals surface area contributed by atoms with E-state index in [1.54, 1.807) is 0 Å². The van der Waals surface area contributed by atoms with E-state index in [1.807, 2.05) is 91.0 Å². The molecule has 4 aromatic carbocycles. The number of aromatic amines is 2. The molecule has 0 saturated heterocycles. The first-order chi connectivity index (χ1) is 20.2. The van der Waals surface area contributed by atoms with E-state index in [1.165, 1.54) is 0 Å². The number of H-pyrrole nitrogens is 2. The van der Waals surface area contributed by atoms with Crippen LogP contribution in [0.2, 0.25) is 0 Å². The second kappa shape index (κ2) is 9.39. The minimum Gasteiger partial charge on any atom is -0.324 e. The van der Waals surface area contributed by atoms with E-state index in [0.717, 1.165) is 48.3 Å². The van der Waals surface area contributed by atoms with E-state index in [-0.39, 0.29) is 17.1 Å². The van der Waals surface area contributed by atoms with Crippen molar-refractivity contribution in [1.82, 2.24) is 39.9 Å². The first kappa shape index (κ1) is 25.0. The van der Waals surface area contributed by atoms with Crippen molar-refractivity contribution in [3.63, 3.8) is 0 Å². The average molecular weight is 657 g/mol. The second-order valence-corrected chi connectivity index (χ2v) is 10.8. The number of nitrogens with zero attached hydrogens (tertiary/aromatic N) is 6. The molecule has 2 N–H and O–H groups in total. The zero-order valence-electron chi connectivity index (χ0n) is 21.5. The molecule has 7 aromatic rings. The monoisotopic (exact) mass is 655 g/mol. The molecule has 8 bridgehead atoms. The van der Waals surface area contributed by atoms with Gasteiger partial charge in [0.25, 0.3) is 0 Å². The Kier molecular flexibility index (Phi) is 5.59. The summed E-state index contributed by atoms with van der Waals surface area (Å²) in [4.78, 5) is 36.9. The maximum atomic E-state index is 5.05. The van der Waals surface area contributed by atoms with Crippen LogP contribution in [0.25, 0.3) is 89.7 Å². The molecular weight excluding hydrogens is 640 g/mol. The van der Waals surface area contributed by atoms with Crippen molar-refractivity contribution in [3.05, 3.63) is 95.5 Å². The molecule has 10 heteroatoms. The van der Waals surface area contributed by atoms with Gasteiger partial charge >= 0.3 is 0 Å². The zero-order chi connectivity index (χ0) is 27.1. The molecule has 0 spiro atoms. The van der Waals surface area contributed by atoms with E-state index in [0.29, 0.717) is 45.9 Å². The van der Waals surface area contributed by atoms with Gasteiger partial charge in [0.2, 0.25) is 0 Å². The molecule has 0 unspecified atom stereocenters. The van der Waals surface area contributed by atoms with Crippen molar-refractivity contribution in [3.8, 4) is 45.6 Å². The number of hydrogen-bond donors (Lipinski definition) is 2. The summed E-state index contributed by atoms with van der Waals surface area (Å²) < 4.78 is 0.909. The normalized spacial score (nSPS) is 11.7. The Morgan fingerprint density at radius 2 is 0.786 bits per heavy atom. The Balaban J connectivity index is 0.00000267. The van der Waals surface area contributed by atoms with Gasteiger partial charge in [-0.2, -0.15) is 0 Å². The maximum Gasteiger partial charge on any atom is 0.164 e. The predicted octanol–water partition coefficient (Wildman–Crippen LogP) is 7.63. The van der Waals surface area contributed by atoms with Crippen molar-refractivity contribution >= 4 is 60.1 Å². The van der Waals surface area contributed by atoms with Crippen LogP contribution in [0.4, 0.5) is 0 Å². The van der Waals surface area contributed by atoms with Gasteiger partial charge in [0.05, 0.1) is 0 Å². The molecule has 5 heterocycles. The number of fused-ring (bicyclic) bond motifs is 20. The minimum atomic E-state index is 0. The van der Waals surface area contributed by atoms with E-state index in [2.05, 4.69) is 25.9 Å². The van der Waals surface area contributed by atoms with Crippen LogP contribution in [-0.2, 0) is 17.1 Å². The standard InChI is InChI=1S/C32H17BrN8.Cu/c33-23-15-7-14-22-24(23)32-40-30-21-13-6-5-12-20(21)28(38-30)36-26-17-9-2-1-8-16(17)25(34-26)35-27-18-10-3-4-11-19(18)29(37-27)39-31(22)41-32;/h1-15H,(H2,34,35,36,37,38,39,40,41);. The number of hydrogen-bond acceptors (Lipinski definition) is 6. The molecule has 3 aromatic heterocycles. The average Bonchev–Trinajstić information content (AvgIpc) is 3.73. The fourth-order valence-electron chi connectivity index (χ4n) is 5.65. The Labute approximate surface area is 257 Å². The van der Waals surface area contributed by atoms with Crippen molar-refractivity contribution in [2.24, 2.45) is 0 Å². The van der Waals surface area contributed by atoms with E-state index >= 15 is 0 Å². The summed E-state index contributed by atoms with van der Waals surface area (Å²) >= 11 is 3.73. The third kappa shape index (κ3) is 3.66. The summed E-state index contributed by atoms with van der Waals surface area (Å²) in [5, 5.41) is 3.74. The summed E-state index contributed by atoms with van der Waals surface area (Å²) in [6.45, 7) is 0. The van der Waals surface area contributed by atoms with Gasteiger partial charge in [-0.05, 0) is 6.07 Å². The SMILES string of the molecule is Brc1cccc2c3nc4nc(nc5[nH]c(nc6nc(nc([nH]3)c12)-c1ccccc1-6)c1ccccc51)-c1ccccc1-4.[Cu]. The van der Waals surface area contributed by atoms with Crippen LogP contribution in [0.1, 0.15) is 0 Å². The van der Waals surface area contributed by atoms with Crippen LogP contribution in [0.3, 0.4) is 0 Å². The number of benzene rings is 4. The Bertz CT molecular complexity index is 2410. The van der Waals surface area contributed by atoms with Gasteiger partial charge < -0.3 is 9.97 Å². The van der Waals surface area contributed by atoms with Crippen molar-refractivity contribution < 1.29 is 17.1 Å². The fourth-order valence-corrected chi connectivity index (χ4v) is 6.20. The summed E-state index contributed by atoms with van der Waals surface area (Å²) in [5.41, 5.74) is 6.34. The Morgan fingerprint density at radius 1 is 0.405 bits per heavy atom. The van der Waals surface area contributed by atoms with Crippen LogP contribution < -0.4 is 0 Å². The molecule has 8 nitrogen and oxygen atoms in total. The van der Waals surface area contributed by atoms with Gasteiger partial charge in [0, 0.05) is 65.3 Å². The molecule has 0 atom stereocenters. The summed E-state index contributed by atoms with van der Waals surface area (Å²) in [6, 6.07) is 30.1.